The highest BCUT2D eigenvalue weighted by Crippen LogP contribution is 2.30. The van der Waals surface area contributed by atoms with Crippen molar-refractivity contribution in [2.24, 2.45) is 11.3 Å². The molecule has 228 valence electrons. The number of aliphatic hydroxyl groups is 1. The third kappa shape index (κ3) is 14.5. The van der Waals surface area contributed by atoms with E-state index in [9.17, 15) is 14.7 Å². The Kier molecular flexibility index (Phi) is 14.3. The lowest BCUT2D eigenvalue weighted by atomic mass is 9.79. The molecule has 0 radical (unpaired) electrons. The molecule has 7 heteroatoms. The minimum absolute atomic E-state index is 0.0778. The molecule has 2 aromatic carbocycles. The van der Waals surface area contributed by atoms with Crippen LogP contribution in [0.3, 0.4) is 0 Å². The number of aliphatic hydroxyl groups excluding tert-OH is 1. The van der Waals surface area contributed by atoms with Gasteiger partial charge in [-0.1, -0.05) is 87.9 Å². The van der Waals surface area contributed by atoms with Crippen LogP contribution < -0.4 is 10.6 Å². The van der Waals surface area contributed by atoms with Gasteiger partial charge in [0.2, 0.25) is 5.91 Å². The van der Waals surface area contributed by atoms with Crippen molar-refractivity contribution in [2.45, 2.75) is 104 Å². The molecule has 41 heavy (non-hydrogen) atoms. The van der Waals surface area contributed by atoms with Crippen LogP contribution in [0.15, 0.2) is 60.7 Å². The predicted molar refractivity (Wildman–Crippen MR) is 164 cm³/mol. The van der Waals surface area contributed by atoms with E-state index in [0.29, 0.717) is 32.6 Å². The molecule has 0 heterocycles. The number of hydrogen-bond donors (Lipinski definition) is 3. The lowest BCUT2D eigenvalue weighted by Gasteiger charge is -2.34. The van der Waals surface area contributed by atoms with E-state index in [4.69, 9.17) is 9.47 Å². The number of carbonyl (C=O) groups excluding carboxylic acids is 2. The molecule has 0 aliphatic carbocycles. The molecule has 0 saturated heterocycles. The Bertz CT molecular complexity index is 1020. The van der Waals surface area contributed by atoms with Crippen molar-refractivity contribution in [3.05, 3.63) is 71.8 Å². The number of alkyl carbamates (subject to hydrolysis) is 1. The topological polar surface area (TPSA) is 96.9 Å². The van der Waals surface area contributed by atoms with Crippen molar-refractivity contribution >= 4 is 12.0 Å². The summed E-state index contributed by atoms with van der Waals surface area (Å²) in [6.45, 7) is 13.4. The second kappa shape index (κ2) is 17.1. The van der Waals surface area contributed by atoms with Gasteiger partial charge in [-0.3, -0.25) is 4.79 Å². The lowest BCUT2D eigenvalue weighted by Crippen LogP contribution is -2.49. The molecule has 0 aliphatic heterocycles. The summed E-state index contributed by atoms with van der Waals surface area (Å²) in [4.78, 5) is 26.0. The maximum absolute atomic E-state index is 13.2. The fourth-order valence-corrected chi connectivity index (χ4v) is 4.72. The van der Waals surface area contributed by atoms with Crippen molar-refractivity contribution < 1.29 is 24.2 Å². The largest absolute Gasteiger partial charge is 0.444 e. The van der Waals surface area contributed by atoms with E-state index in [2.05, 4.69) is 31.4 Å². The number of ether oxygens (including phenoxy) is 2. The van der Waals surface area contributed by atoms with E-state index in [1.54, 1.807) is 0 Å². The summed E-state index contributed by atoms with van der Waals surface area (Å²) in [6.07, 6.45) is 2.32. The molecule has 0 unspecified atom stereocenters. The van der Waals surface area contributed by atoms with Gasteiger partial charge in [0.05, 0.1) is 18.8 Å². The predicted octanol–water partition coefficient (Wildman–Crippen LogP) is 6.43. The van der Waals surface area contributed by atoms with Crippen molar-refractivity contribution in [1.82, 2.24) is 10.6 Å². The number of nitrogens with one attached hydrogen (secondary N) is 2. The van der Waals surface area contributed by atoms with E-state index in [-0.39, 0.29) is 17.7 Å². The Balaban J connectivity index is 2.13. The minimum Gasteiger partial charge on any atom is -0.444 e. The molecule has 3 N–H and O–H groups in total. The van der Waals surface area contributed by atoms with Gasteiger partial charge in [-0.2, -0.15) is 0 Å². The fraction of sp³-hybridized carbons (Fsp3) is 0.588. The van der Waals surface area contributed by atoms with Gasteiger partial charge in [0.1, 0.15) is 5.60 Å². The maximum Gasteiger partial charge on any atom is 0.407 e. The van der Waals surface area contributed by atoms with Crippen LogP contribution in [0.1, 0.15) is 84.8 Å². The fourth-order valence-electron chi connectivity index (χ4n) is 4.72. The molecular weight excluding hydrogens is 516 g/mol. The highest BCUT2D eigenvalue weighted by molar-refractivity contribution is 5.79. The third-order valence-electron chi connectivity index (χ3n) is 7.03. The van der Waals surface area contributed by atoms with Crippen molar-refractivity contribution in [2.75, 3.05) is 13.2 Å². The second-order valence-electron chi connectivity index (χ2n) is 12.7. The van der Waals surface area contributed by atoms with Gasteiger partial charge in [0.15, 0.2) is 0 Å². The summed E-state index contributed by atoms with van der Waals surface area (Å²) in [6, 6.07) is 19.3. The maximum atomic E-state index is 13.2. The Morgan fingerprint density at radius 3 is 2.12 bits per heavy atom. The molecule has 0 aliphatic rings. The first-order valence-corrected chi connectivity index (χ1v) is 15.0. The zero-order valence-electron chi connectivity index (χ0n) is 25.9. The summed E-state index contributed by atoms with van der Waals surface area (Å²) in [5.74, 6) is -0.518. The first-order valence-electron chi connectivity index (χ1n) is 15.0. The van der Waals surface area contributed by atoms with Crippen molar-refractivity contribution in [3.63, 3.8) is 0 Å². The van der Waals surface area contributed by atoms with Crippen LogP contribution in [0, 0.1) is 11.3 Å². The van der Waals surface area contributed by atoms with Gasteiger partial charge in [-0.15, -0.1) is 0 Å². The van der Waals surface area contributed by atoms with E-state index in [1.807, 2.05) is 81.4 Å². The number of hydrogen-bond acceptors (Lipinski definition) is 5. The molecule has 2 amide bonds. The van der Waals surface area contributed by atoms with Crippen LogP contribution in [0.25, 0.3) is 0 Å². The van der Waals surface area contributed by atoms with Crippen molar-refractivity contribution in [1.29, 1.82) is 0 Å². The van der Waals surface area contributed by atoms with E-state index < -0.39 is 29.8 Å². The summed E-state index contributed by atoms with van der Waals surface area (Å²) < 4.78 is 11.5. The average molecular weight is 569 g/mol. The summed E-state index contributed by atoms with van der Waals surface area (Å²) in [5, 5.41) is 17.5. The summed E-state index contributed by atoms with van der Waals surface area (Å²) >= 11 is 0. The number of carbonyl (C=O) groups is 2. The lowest BCUT2D eigenvalue weighted by molar-refractivity contribution is -0.126. The highest BCUT2D eigenvalue weighted by atomic mass is 16.6. The van der Waals surface area contributed by atoms with E-state index in [1.165, 1.54) is 0 Å². The smallest absolute Gasteiger partial charge is 0.407 e. The second-order valence-corrected chi connectivity index (χ2v) is 12.7. The van der Waals surface area contributed by atoms with Gasteiger partial charge < -0.3 is 25.2 Å². The standard InChI is InChI=1S/C34H52N2O5/c1-7-8-20-35-31(38)28(22-26-15-11-9-12-16-26)23-30(37)29(36-32(39)41-33(2,3)4)24-34(5,6)19-21-40-25-27-17-13-10-14-18-27/h9-18,28-30,37H,7-8,19-25H2,1-6H3,(H,35,38)(H,36,39)/t28-,29+,30+/m1/s1. The van der Waals surface area contributed by atoms with Crippen LogP contribution in [0.4, 0.5) is 4.79 Å². The Morgan fingerprint density at radius 2 is 1.54 bits per heavy atom. The third-order valence-corrected chi connectivity index (χ3v) is 7.03. The Morgan fingerprint density at radius 1 is 0.927 bits per heavy atom. The first-order chi connectivity index (χ1) is 19.4. The van der Waals surface area contributed by atoms with E-state index >= 15 is 0 Å². The monoisotopic (exact) mass is 568 g/mol. The molecule has 0 bridgehead atoms. The highest BCUT2D eigenvalue weighted by Gasteiger charge is 2.33. The van der Waals surface area contributed by atoms with Gasteiger partial charge in [0.25, 0.3) is 0 Å². The molecule has 2 rings (SSSR count). The van der Waals surface area contributed by atoms with Gasteiger partial charge in [0, 0.05) is 19.1 Å². The zero-order valence-corrected chi connectivity index (χ0v) is 25.9. The Labute approximate surface area is 247 Å². The van der Waals surface area contributed by atoms with Gasteiger partial charge in [-0.25, -0.2) is 4.79 Å². The van der Waals surface area contributed by atoms with Gasteiger partial charge in [-0.05, 0) is 69.4 Å². The van der Waals surface area contributed by atoms with Crippen LogP contribution in [0.2, 0.25) is 0 Å². The van der Waals surface area contributed by atoms with Crippen LogP contribution in [-0.2, 0) is 27.3 Å². The van der Waals surface area contributed by atoms with Gasteiger partial charge >= 0.3 is 6.09 Å². The molecule has 3 atom stereocenters. The van der Waals surface area contributed by atoms with Crippen LogP contribution in [0.5, 0.6) is 0 Å². The molecule has 0 aromatic heterocycles. The number of unbranched alkanes of at least 4 members (excludes halogenated alkanes) is 1. The first kappa shape index (κ1) is 34.3. The average Bonchev–Trinajstić information content (AvgIpc) is 2.90. The number of amides is 2. The number of benzene rings is 2. The summed E-state index contributed by atoms with van der Waals surface area (Å²) in [5.41, 5.74) is 1.22. The molecule has 7 nitrogen and oxygen atoms in total. The molecule has 0 spiro atoms. The van der Waals surface area contributed by atoms with Crippen LogP contribution in [-0.4, -0.2) is 48.0 Å². The molecule has 2 aromatic rings. The van der Waals surface area contributed by atoms with Crippen LogP contribution >= 0.6 is 0 Å². The SMILES string of the molecule is CCCCNC(=O)[C@H](Cc1ccccc1)C[C@H](O)[C@H](CC(C)(C)CCOCc1ccccc1)NC(=O)OC(C)(C)C. The van der Waals surface area contributed by atoms with E-state index in [0.717, 1.165) is 30.4 Å². The minimum atomic E-state index is -0.947. The normalized spacial score (nSPS) is 14.1. The van der Waals surface area contributed by atoms with Crippen molar-refractivity contribution in [3.8, 4) is 0 Å². The quantitative estimate of drug-likeness (QED) is 0.191. The number of rotatable bonds is 17. The zero-order chi connectivity index (χ0) is 30.3. The molecular formula is C34H52N2O5. The molecule has 0 fully saturated rings. The Hall–Kier alpha value is -2.90. The molecule has 0 saturated carbocycles. The summed E-state index contributed by atoms with van der Waals surface area (Å²) in [7, 11) is 0.